The van der Waals surface area contributed by atoms with E-state index in [1.165, 1.54) is 6.33 Å². The minimum Gasteiger partial charge on any atom is -0.494 e. The standard InChI is InChI=1S/C20H16ClN3O/c1-2-25-16-10-8-15(9-11-16)24-12-17(14-6-4-3-5-7-14)18-19(21)22-13-23-20(18)24/h3-13H,2H2,1H3. The van der Waals surface area contributed by atoms with Crippen LogP contribution in [0.1, 0.15) is 6.92 Å². The van der Waals surface area contributed by atoms with Gasteiger partial charge in [0.1, 0.15) is 22.9 Å². The van der Waals surface area contributed by atoms with Gasteiger partial charge in [-0.25, -0.2) is 9.97 Å². The lowest BCUT2D eigenvalue weighted by molar-refractivity contribution is 0.340. The van der Waals surface area contributed by atoms with E-state index in [2.05, 4.69) is 28.3 Å². The van der Waals surface area contributed by atoms with Gasteiger partial charge in [-0.3, -0.25) is 0 Å². The molecule has 0 aliphatic carbocycles. The quantitative estimate of drug-likeness (QED) is 0.479. The third-order valence-corrected chi connectivity index (χ3v) is 4.33. The fourth-order valence-corrected chi connectivity index (χ4v) is 3.16. The number of aromatic nitrogens is 3. The Morgan fingerprint density at radius 3 is 2.48 bits per heavy atom. The molecule has 4 nitrogen and oxygen atoms in total. The molecule has 0 fully saturated rings. The average Bonchev–Trinajstić information content (AvgIpc) is 3.04. The SMILES string of the molecule is CCOc1ccc(-n2cc(-c3ccccc3)c3c(Cl)ncnc32)cc1. The second kappa shape index (κ2) is 6.57. The van der Waals surface area contributed by atoms with E-state index in [0.717, 1.165) is 33.6 Å². The summed E-state index contributed by atoms with van der Waals surface area (Å²) < 4.78 is 7.55. The number of rotatable bonds is 4. The normalized spacial score (nSPS) is 11.0. The molecule has 0 unspecified atom stereocenters. The lowest BCUT2D eigenvalue weighted by Gasteiger charge is -2.07. The summed E-state index contributed by atoms with van der Waals surface area (Å²) in [5.41, 5.74) is 3.86. The fraction of sp³-hybridized carbons (Fsp3) is 0.100. The highest BCUT2D eigenvalue weighted by molar-refractivity contribution is 6.35. The molecule has 25 heavy (non-hydrogen) atoms. The molecule has 0 bridgehead atoms. The van der Waals surface area contributed by atoms with Gasteiger partial charge in [-0.1, -0.05) is 41.9 Å². The van der Waals surface area contributed by atoms with Crippen molar-refractivity contribution in [1.82, 2.24) is 14.5 Å². The van der Waals surface area contributed by atoms with Gasteiger partial charge in [-0.05, 0) is 36.8 Å². The molecule has 0 radical (unpaired) electrons. The Morgan fingerprint density at radius 2 is 1.76 bits per heavy atom. The van der Waals surface area contributed by atoms with Crippen LogP contribution in [0, 0.1) is 0 Å². The molecular formula is C20H16ClN3O. The zero-order valence-corrected chi connectivity index (χ0v) is 14.4. The molecule has 0 saturated heterocycles. The Hall–Kier alpha value is -2.85. The number of nitrogens with zero attached hydrogens (tertiary/aromatic N) is 3. The third kappa shape index (κ3) is 2.85. The van der Waals surface area contributed by atoms with Crippen LogP contribution in [-0.2, 0) is 0 Å². The van der Waals surface area contributed by atoms with Crippen LogP contribution < -0.4 is 4.74 Å². The largest absolute Gasteiger partial charge is 0.494 e. The molecule has 2 aromatic heterocycles. The summed E-state index contributed by atoms with van der Waals surface area (Å²) in [6.07, 6.45) is 3.54. The molecule has 4 rings (SSSR count). The lowest BCUT2D eigenvalue weighted by atomic mass is 10.1. The maximum atomic E-state index is 6.39. The number of benzene rings is 2. The Balaban J connectivity index is 1.92. The van der Waals surface area contributed by atoms with Crippen molar-refractivity contribution >= 4 is 22.6 Å². The van der Waals surface area contributed by atoms with Crippen molar-refractivity contribution < 1.29 is 4.74 Å². The summed E-state index contributed by atoms with van der Waals surface area (Å²) in [6.45, 7) is 2.62. The van der Waals surface area contributed by atoms with E-state index >= 15 is 0 Å². The van der Waals surface area contributed by atoms with Gasteiger partial charge in [0.2, 0.25) is 0 Å². The summed E-state index contributed by atoms with van der Waals surface area (Å²) in [5.74, 6) is 0.846. The number of fused-ring (bicyclic) bond motifs is 1. The highest BCUT2D eigenvalue weighted by Gasteiger charge is 2.16. The molecule has 0 amide bonds. The molecule has 0 spiro atoms. The second-order valence-electron chi connectivity index (χ2n) is 5.57. The molecule has 4 aromatic rings. The Morgan fingerprint density at radius 1 is 1.00 bits per heavy atom. The summed E-state index contributed by atoms with van der Waals surface area (Å²) in [5, 5.41) is 1.30. The minimum atomic E-state index is 0.452. The smallest absolute Gasteiger partial charge is 0.150 e. The topological polar surface area (TPSA) is 39.9 Å². The molecule has 124 valence electrons. The molecule has 0 aliphatic heterocycles. The van der Waals surface area contributed by atoms with Crippen molar-refractivity contribution in [2.75, 3.05) is 6.61 Å². The highest BCUT2D eigenvalue weighted by Crippen LogP contribution is 2.35. The van der Waals surface area contributed by atoms with Crippen LogP contribution in [0.2, 0.25) is 5.15 Å². The van der Waals surface area contributed by atoms with Gasteiger partial charge in [0.05, 0.1) is 12.0 Å². The highest BCUT2D eigenvalue weighted by atomic mass is 35.5. The molecule has 2 heterocycles. The van der Waals surface area contributed by atoms with Crippen LogP contribution in [0.3, 0.4) is 0 Å². The number of halogens is 1. The first kappa shape index (κ1) is 15.7. The van der Waals surface area contributed by atoms with E-state index in [4.69, 9.17) is 16.3 Å². The first-order valence-electron chi connectivity index (χ1n) is 8.08. The monoisotopic (exact) mass is 349 g/mol. The Bertz CT molecular complexity index is 1010. The van der Waals surface area contributed by atoms with Gasteiger partial charge in [0, 0.05) is 17.4 Å². The first-order valence-corrected chi connectivity index (χ1v) is 8.46. The van der Waals surface area contributed by atoms with Crippen molar-refractivity contribution in [2.45, 2.75) is 6.92 Å². The maximum absolute atomic E-state index is 6.39. The predicted molar refractivity (Wildman–Crippen MR) is 100 cm³/mol. The minimum absolute atomic E-state index is 0.452. The predicted octanol–water partition coefficient (Wildman–Crippen LogP) is 5.14. The molecule has 5 heteroatoms. The zero-order valence-electron chi connectivity index (χ0n) is 13.7. The van der Waals surface area contributed by atoms with Crippen LogP contribution in [0.25, 0.3) is 27.8 Å². The van der Waals surface area contributed by atoms with Crippen LogP contribution in [0.4, 0.5) is 0 Å². The Kier molecular flexibility index (Phi) is 4.12. The van der Waals surface area contributed by atoms with Crippen LogP contribution in [0.5, 0.6) is 5.75 Å². The average molecular weight is 350 g/mol. The molecule has 2 aromatic carbocycles. The van der Waals surface area contributed by atoms with Crippen LogP contribution >= 0.6 is 11.6 Å². The number of ether oxygens (including phenoxy) is 1. The van der Waals surface area contributed by atoms with Crippen molar-refractivity contribution in [2.24, 2.45) is 0 Å². The first-order chi connectivity index (χ1) is 12.3. The molecule has 0 saturated carbocycles. The van der Waals surface area contributed by atoms with E-state index in [0.29, 0.717) is 11.8 Å². The second-order valence-corrected chi connectivity index (χ2v) is 5.93. The van der Waals surface area contributed by atoms with E-state index in [1.54, 1.807) is 0 Å². The van der Waals surface area contributed by atoms with Gasteiger partial charge in [0.15, 0.2) is 0 Å². The van der Waals surface area contributed by atoms with E-state index in [-0.39, 0.29) is 0 Å². The van der Waals surface area contributed by atoms with Crippen molar-refractivity contribution in [3.05, 3.63) is 72.3 Å². The fourth-order valence-electron chi connectivity index (χ4n) is 2.93. The summed E-state index contributed by atoms with van der Waals surface area (Å²) in [6, 6.07) is 18.0. The van der Waals surface area contributed by atoms with Gasteiger partial charge >= 0.3 is 0 Å². The van der Waals surface area contributed by atoms with Gasteiger partial charge in [-0.2, -0.15) is 0 Å². The molecular weight excluding hydrogens is 334 g/mol. The molecule has 0 N–H and O–H groups in total. The van der Waals surface area contributed by atoms with Crippen molar-refractivity contribution in [3.8, 4) is 22.6 Å². The summed E-state index contributed by atoms with van der Waals surface area (Å²) in [7, 11) is 0. The molecule has 0 atom stereocenters. The summed E-state index contributed by atoms with van der Waals surface area (Å²) >= 11 is 6.39. The van der Waals surface area contributed by atoms with E-state index < -0.39 is 0 Å². The van der Waals surface area contributed by atoms with Crippen LogP contribution in [-0.4, -0.2) is 21.1 Å². The van der Waals surface area contributed by atoms with Crippen molar-refractivity contribution in [3.63, 3.8) is 0 Å². The van der Waals surface area contributed by atoms with E-state index in [9.17, 15) is 0 Å². The maximum Gasteiger partial charge on any atom is 0.150 e. The third-order valence-electron chi connectivity index (χ3n) is 4.05. The van der Waals surface area contributed by atoms with Gasteiger partial charge in [-0.15, -0.1) is 0 Å². The molecule has 0 aliphatic rings. The zero-order chi connectivity index (χ0) is 17.2. The number of hydrogen-bond donors (Lipinski definition) is 0. The van der Waals surface area contributed by atoms with E-state index in [1.807, 2.05) is 54.0 Å². The van der Waals surface area contributed by atoms with Crippen molar-refractivity contribution in [1.29, 1.82) is 0 Å². The summed E-state index contributed by atoms with van der Waals surface area (Å²) in [4.78, 5) is 8.62. The van der Waals surface area contributed by atoms with Gasteiger partial charge < -0.3 is 9.30 Å². The van der Waals surface area contributed by atoms with Crippen LogP contribution in [0.15, 0.2) is 67.1 Å². The van der Waals surface area contributed by atoms with Gasteiger partial charge in [0.25, 0.3) is 0 Å². The number of hydrogen-bond acceptors (Lipinski definition) is 3. The Labute approximate surface area is 150 Å². The lowest BCUT2D eigenvalue weighted by Crippen LogP contribution is -1.95.